The second-order valence-corrected chi connectivity index (χ2v) is 8.79. The number of ether oxygens (including phenoxy) is 1. The number of alkyl carbamates (subject to hydrolysis) is 1. The lowest BCUT2D eigenvalue weighted by Gasteiger charge is -2.17. The Hall–Kier alpha value is -4.13. The molecule has 1 unspecified atom stereocenters. The van der Waals surface area contributed by atoms with Gasteiger partial charge in [0, 0.05) is 24.1 Å². The van der Waals surface area contributed by atoms with Gasteiger partial charge in [0.2, 0.25) is 5.91 Å². The first-order chi connectivity index (χ1) is 16.8. The summed E-state index contributed by atoms with van der Waals surface area (Å²) in [6.45, 7) is 3.73. The number of hydrogen-bond acceptors (Lipinski definition) is 4. The number of carboxylic acids is 1. The van der Waals surface area contributed by atoms with Crippen LogP contribution in [0.25, 0.3) is 11.1 Å². The van der Waals surface area contributed by atoms with Crippen LogP contribution in [0.4, 0.5) is 10.5 Å². The van der Waals surface area contributed by atoms with Crippen LogP contribution in [0.5, 0.6) is 0 Å². The Kier molecular flexibility index (Phi) is 7.15. The average molecular weight is 473 g/mol. The molecule has 4 rings (SSSR count). The predicted octanol–water partition coefficient (Wildman–Crippen LogP) is 5.34. The first-order valence-corrected chi connectivity index (χ1v) is 11.6. The van der Waals surface area contributed by atoms with E-state index in [0.29, 0.717) is 17.7 Å². The van der Waals surface area contributed by atoms with Crippen LogP contribution in [0.15, 0.2) is 66.7 Å². The zero-order chi connectivity index (χ0) is 24.9. The van der Waals surface area contributed by atoms with E-state index in [1.807, 2.05) is 31.2 Å². The molecule has 0 aromatic heterocycles. The minimum Gasteiger partial charge on any atom is -0.478 e. The van der Waals surface area contributed by atoms with Crippen molar-refractivity contribution in [3.63, 3.8) is 0 Å². The molecule has 0 radical (unpaired) electrons. The van der Waals surface area contributed by atoms with Gasteiger partial charge in [-0.25, -0.2) is 9.59 Å². The average Bonchev–Trinajstić information content (AvgIpc) is 3.15. The van der Waals surface area contributed by atoms with Gasteiger partial charge in [-0.2, -0.15) is 0 Å². The summed E-state index contributed by atoms with van der Waals surface area (Å²) in [5.41, 5.74) is 5.95. The Morgan fingerprint density at radius 3 is 2.20 bits per heavy atom. The Morgan fingerprint density at radius 1 is 0.971 bits per heavy atom. The van der Waals surface area contributed by atoms with Crippen LogP contribution in [0, 0.1) is 6.92 Å². The molecule has 0 spiro atoms. The molecular weight excluding hydrogens is 444 g/mol. The number of nitrogens with one attached hydrogen (secondary N) is 2. The van der Waals surface area contributed by atoms with Crippen LogP contribution >= 0.6 is 0 Å². The molecule has 0 aliphatic heterocycles. The number of carboxylic acid groups (broad SMARTS) is 1. The number of fused-ring (bicyclic) bond motifs is 3. The minimum absolute atomic E-state index is 0.00907. The summed E-state index contributed by atoms with van der Waals surface area (Å²) >= 11 is 0. The van der Waals surface area contributed by atoms with Crippen LogP contribution in [0.3, 0.4) is 0 Å². The smallest absolute Gasteiger partial charge is 0.407 e. The predicted molar refractivity (Wildman–Crippen MR) is 134 cm³/mol. The normalized spacial score (nSPS) is 12.9. The molecule has 35 heavy (non-hydrogen) atoms. The van der Waals surface area contributed by atoms with Crippen molar-refractivity contribution in [2.45, 2.75) is 38.6 Å². The number of rotatable bonds is 8. The lowest BCUT2D eigenvalue weighted by molar-refractivity contribution is -0.116. The fourth-order valence-electron chi connectivity index (χ4n) is 4.47. The summed E-state index contributed by atoms with van der Waals surface area (Å²) in [5.74, 6) is -1.23. The van der Waals surface area contributed by atoms with Crippen LogP contribution < -0.4 is 10.6 Å². The maximum absolute atomic E-state index is 12.4. The Balaban J connectivity index is 1.25. The highest BCUT2D eigenvalue weighted by molar-refractivity contribution is 5.93. The number of aryl methyl sites for hydroxylation is 1. The topological polar surface area (TPSA) is 105 Å². The van der Waals surface area contributed by atoms with E-state index in [1.165, 1.54) is 17.2 Å². The molecule has 7 heteroatoms. The molecule has 7 nitrogen and oxygen atoms in total. The third kappa shape index (κ3) is 5.51. The Morgan fingerprint density at radius 2 is 1.60 bits per heavy atom. The summed E-state index contributed by atoms with van der Waals surface area (Å²) in [6, 6.07) is 20.7. The first-order valence-electron chi connectivity index (χ1n) is 11.6. The number of carbonyl (C=O) groups excluding carboxylic acids is 2. The largest absolute Gasteiger partial charge is 0.478 e. The number of amides is 2. The second kappa shape index (κ2) is 10.4. The highest BCUT2D eigenvalue weighted by Gasteiger charge is 2.29. The molecule has 3 N–H and O–H groups in total. The van der Waals surface area contributed by atoms with Gasteiger partial charge in [-0.15, -0.1) is 0 Å². The second-order valence-electron chi connectivity index (χ2n) is 8.79. The quantitative estimate of drug-likeness (QED) is 0.411. The van der Waals surface area contributed by atoms with Gasteiger partial charge >= 0.3 is 12.1 Å². The van der Waals surface area contributed by atoms with Gasteiger partial charge < -0.3 is 20.5 Å². The lowest BCUT2D eigenvalue weighted by atomic mass is 9.98. The molecular formula is C28H28N2O5. The van der Waals surface area contributed by atoms with Gasteiger partial charge in [0.15, 0.2) is 0 Å². The van der Waals surface area contributed by atoms with E-state index >= 15 is 0 Å². The van der Waals surface area contributed by atoms with E-state index < -0.39 is 12.1 Å². The molecule has 0 saturated heterocycles. The van der Waals surface area contributed by atoms with Crippen LogP contribution in [-0.4, -0.2) is 35.7 Å². The van der Waals surface area contributed by atoms with E-state index in [-0.39, 0.29) is 36.5 Å². The molecule has 0 saturated carbocycles. The highest BCUT2D eigenvalue weighted by Crippen LogP contribution is 2.44. The molecule has 180 valence electrons. The third-order valence-electron chi connectivity index (χ3n) is 6.25. The molecule has 1 aliphatic rings. The minimum atomic E-state index is -1.01. The standard InChI is InChI=1S/C28H28N2O5/c1-17-15-19(12-13-20(17)27(32)33)30-26(31)14-11-18(2)29-28(34)35-16-25-23-9-5-3-7-21(23)22-8-4-6-10-24(22)25/h3-10,12-13,15,18,25H,11,14,16H2,1-2H3,(H,29,34)(H,30,31)(H,32,33). The van der Waals surface area contributed by atoms with Crippen molar-refractivity contribution in [2.75, 3.05) is 11.9 Å². The summed E-state index contributed by atoms with van der Waals surface area (Å²) in [5, 5.41) is 14.7. The molecule has 3 aromatic carbocycles. The zero-order valence-corrected chi connectivity index (χ0v) is 19.7. The van der Waals surface area contributed by atoms with E-state index in [0.717, 1.165) is 11.1 Å². The molecule has 2 amide bonds. The van der Waals surface area contributed by atoms with Crippen LogP contribution in [-0.2, 0) is 9.53 Å². The first kappa shape index (κ1) is 24.0. The van der Waals surface area contributed by atoms with Crippen molar-refractivity contribution in [1.29, 1.82) is 0 Å². The van der Waals surface area contributed by atoms with Crippen molar-refractivity contribution in [3.05, 3.63) is 89.0 Å². The van der Waals surface area contributed by atoms with Crippen molar-refractivity contribution in [2.24, 2.45) is 0 Å². The van der Waals surface area contributed by atoms with Crippen LogP contribution in [0.1, 0.15) is 52.7 Å². The fraction of sp³-hybridized carbons (Fsp3) is 0.250. The monoisotopic (exact) mass is 472 g/mol. The fourth-order valence-corrected chi connectivity index (χ4v) is 4.47. The Labute approximate surface area is 204 Å². The van der Waals surface area contributed by atoms with Gasteiger partial charge in [-0.05, 0) is 66.3 Å². The number of carbonyl (C=O) groups is 3. The lowest BCUT2D eigenvalue weighted by Crippen LogP contribution is -2.34. The van der Waals surface area contributed by atoms with Crippen molar-refractivity contribution in [3.8, 4) is 11.1 Å². The molecule has 0 bridgehead atoms. The van der Waals surface area contributed by atoms with Crippen molar-refractivity contribution >= 4 is 23.7 Å². The maximum atomic E-state index is 12.4. The highest BCUT2D eigenvalue weighted by atomic mass is 16.5. The van der Waals surface area contributed by atoms with Gasteiger partial charge in [-0.1, -0.05) is 48.5 Å². The Bertz CT molecular complexity index is 1220. The van der Waals surface area contributed by atoms with Gasteiger partial charge in [-0.3, -0.25) is 4.79 Å². The van der Waals surface area contributed by atoms with Gasteiger partial charge in [0.1, 0.15) is 6.61 Å². The number of hydrogen-bond donors (Lipinski definition) is 3. The SMILES string of the molecule is Cc1cc(NC(=O)CCC(C)NC(=O)OCC2c3ccccc3-c3ccccc32)ccc1C(=O)O. The number of anilines is 1. The summed E-state index contributed by atoms with van der Waals surface area (Å²) < 4.78 is 5.56. The third-order valence-corrected chi connectivity index (χ3v) is 6.25. The molecule has 1 atom stereocenters. The summed E-state index contributed by atoms with van der Waals surface area (Å²) in [4.78, 5) is 35.8. The molecule has 0 fully saturated rings. The summed E-state index contributed by atoms with van der Waals surface area (Å²) in [6.07, 6.45) is 0.118. The maximum Gasteiger partial charge on any atom is 0.407 e. The molecule has 0 heterocycles. The molecule has 3 aromatic rings. The van der Waals surface area contributed by atoms with E-state index in [9.17, 15) is 14.4 Å². The van der Waals surface area contributed by atoms with Crippen molar-refractivity contribution < 1.29 is 24.2 Å². The summed E-state index contributed by atoms with van der Waals surface area (Å²) in [7, 11) is 0. The number of benzene rings is 3. The van der Waals surface area contributed by atoms with E-state index in [1.54, 1.807) is 19.1 Å². The molecule has 1 aliphatic carbocycles. The van der Waals surface area contributed by atoms with Gasteiger partial charge in [0.05, 0.1) is 5.56 Å². The van der Waals surface area contributed by atoms with Crippen LogP contribution in [0.2, 0.25) is 0 Å². The number of aromatic carboxylic acids is 1. The van der Waals surface area contributed by atoms with Crippen molar-refractivity contribution in [1.82, 2.24) is 5.32 Å². The zero-order valence-electron chi connectivity index (χ0n) is 19.7. The van der Waals surface area contributed by atoms with Gasteiger partial charge in [0.25, 0.3) is 0 Å². The van der Waals surface area contributed by atoms with E-state index in [2.05, 4.69) is 34.9 Å². The van der Waals surface area contributed by atoms with E-state index in [4.69, 9.17) is 9.84 Å².